The number of fused-ring (bicyclic) bond motifs is 1. The summed E-state index contributed by atoms with van der Waals surface area (Å²) in [6, 6.07) is 12.6. The fourth-order valence-electron chi connectivity index (χ4n) is 3.65. The van der Waals surface area contributed by atoms with Gasteiger partial charge in [-0.2, -0.15) is 0 Å². The van der Waals surface area contributed by atoms with Crippen molar-refractivity contribution in [2.45, 2.75) is 13.3 Å². The number of halogens is 2. The van der Waals surface area contributed by atoms with Gasteiger partial charge in [-0.3, -0.25) is 4.79 Å². The highest BCUT2D eigenvalue weighted by atomic mass is 19.1. The Labute approximate surface area is 222 Å². The van der Waals surface area contributed by atoms with E-state index in [1.807, 2.05) is 0 Å². The van der Waals surface area contributed by atoms with E-state index >= 15 is 0 Å². The molecule has 0 aliphatic rings. The lowest BCUT2D eigenvalue weighted by Crippen LogP contribution is -2.30. The SMILES string of the molecule is C/C=C/C(=O)Nc1cc2c(Oc3ccc(NC(=O)NCCc4ccc(F)cc4)cc3F)ncnc2cc1OC. The first-order valence-corrected chi connectivity index (χ1v) is 11.9. The van der Waals surface area contributed by atoms with Gasteiger partial charge in [0, 0.05) is 24.4 Å². The molecule has 4 rings (SSSR count). The molecule has 200 valence electrons. The van der Waals surface area contributed by atoms with Gasteiger partial charge in [-0.25, -0.2) is 23.5 Å². The molecule has 0 unspecified atom stereocenters. The summed E-state index contributed by atoms with van der Waals surface area (Å²) in [6.07, 6.45) is 4.73. The first-order chi connectivity index (χ1) is 18.9. The predicted molar refractivity (Wildman–Crippen MR) is 143 cm³/mol. The highest BCUT2D eigenvalue weighted by Gasteiger charge is 2.15. The van der Waals surface area contributed by atoms with Crippen molar-refractivity contribution in [3.63, 3.8) is 0 Å². The second-order valence-corrected chi connectivity index (χ2v) is 8.24. The fourth-order valence-corrected chi connectivity index (χ4v) is 3.65. The topological polar surface area (TPSA) is 114 Å². The van der Waals surface area contributed by atoms with E-state index in [1.54, 1.807) is 37.3 Å². The molecule has 0 fully saturated rings. The molecule has 0 atom stereocenters. The van der Waals surface area contributed by atoms with E-state index in [0.29, 0.717) is 35.3 Å². The molecular formula is C28H25F2N5O4. The third-order valence-electron chi connectivity index (χ3n) is 5.50. The molecule has 1 aromatic heterocycles. The van der Waals surface area contributed by atoms with Gasteiger partial charge >= 0.3 is 6.03 Å². The minimum atomic E-state index is -0.735. The average molecular weight is 534 g/mol. The van der Waals surface area contributed by atoms with E-state index in [-0.39, 0.29) is 29.0 Å². The van der Waals surface area contributed by atoms with E-state index in [2.05, 4.69) is 25.9 Å². The summed E-state index contributed by atoms with van der Waals surface area (Å²) in [4.78, 5) is 32.6. The highest BCUT2D eigenvalue weighted by Crippen LogP contribution is 2.35. The number of urea groups is 1. The summed E-state index contributed by atoms with van der Waals surface area (Å²) in [5, 5.41) is 8.35. The molecule has 0 spiro atoms. The van der Waals surface area contributed by atoms with Crippen LogP contribution in [0.3, 0.4) is 0 Å². The number of amides is 3. The van der Waals surface area contributed by atoms with Crippen molar-refractivity contribution in [3.05, 3.63) is 90.3 Å². The van der Waals surface area contributed by atoms with E-state index in [1.165, 1.54) is 43.8 Å². The number of rotatable bonds is 9. The molecule has 0 aliphatic heterocycles. The lowest BCUT2D eigenvalue weighted by atomic mass is 10.1. The number of carbonyl (C=O) groups excluding carboxylic acids is 2. The average Bonchev–Trinajstić information content (AvgIpc) is 2.91. The van der Waals surface area contributed by atoms with Crippen molar-refractivity contribution in [2.75, 3.05) is 24.3 Å². The fraction of sp³-hybridized carbons (Fsp3) is 0.143. The van der Waals surface area contributed by atoms with Crippen molar-refractivity contribution < 1.29 is 27.8 Å². The van der Waals surface area contributed by atoms with Crippen LogP contribution in [0.5, 0.6) is 17.4 Å². The Morgan fingerprint density at radius 2 is 1.77 bits per heavy atom. The third kappa shape index (κ3) is 7.04. The minimum Gasteiger partial charge on any atom is -0.494 e. The van der Waals surface area contributed by atoms with Gasteiger partial charge in [0.15, 0.2) is 11.6 Å². The summed E-state index contributed by atoms with van der Waals surface area (Å²) < 4.78 is 39.0. The monoisotopic (exact) mass is 533 g/mol. The Morgan fingerprint density at radius 3 is 2.49 bits per heavy atom. The number of hydrogen-bond donors (Lipinski definition) is 3. The molecular weight excluding hydrogens is 508 g/mol. The number of aromatic nitrogens is 2. The van der Waals surface area contributed by atoms with Crippen LogP contribution in [0.25, 0.3) is 10.9 Å². The van der Waals surface area contributed by atoms with E-state index in [9.17, 15) is 18.4 Å². The number of hydrogen-bond acceptors (Lipinski definition) is 6. The standard InChI is InChI=1S/C28H25F2N5O4/c1-3-4-26(36)35-23-14-20-22(15-25(23)38-2)32-16-33-27(20)39-24-10-9-19(13-21(24)30)34-28(37)31-12-11-17-5-7-18(29)8-6-17/h3-10,13-16H,11-12H2,1-2H3,(H,35,36)(H2,31,34,37)/b4-3+. The largest absolute Gasteiger partial charge is 0.494 e. The Kier molecular flexibility index (Phi) is 8.62. The maximum absolute atomic E-state index is 14.9. The third-order valence-corrected chi connectivity index (χ3v) is 5.50. The molecule has 3 amide bonds. The number of ether oxygens (including phenoxy) is 2. The molecule has 3 N–H and O–H groups in total. The van der Waals surface area contributed by atoms with Gasteiger partial charge in [0.1, 0.15) is 17.9 Å². The molecule has 0 radical (unpaired) electrons. The van der Waals surface area contributed by atoms with Gasteiger partial charge in [0.2, 0.25) is 11.8 Å². The van der Waals surface area contributed by atoms with Gasteiger partial charge < -0.3 is 25.4 Å². The second kappa shape index (κ2) is 12.5. The van der Waals surface area contributed by atoms with Crippen molar-refractivity contribution in [1.82, 2.24) is 15.3 Å². The summed E-state index contributed by atoms with van der Waals surface area (Å²) in [5.74, 6) is -1.12. The lowest BCUT2D eigenvalue weighted by molar-refractivity contribution is -0.111. The number of benzene rings is 3. The Bertz CT molecular complexity index is 1530. The quantitative estimate of drug-likeness (QED) is 0.242. The van der Waals surface area contributed by atoms with Crippen LogP contribution in [0.2, 0.25) is 0 Å². The van der Waals surface area contributed by atoms with Crippen molar-refractivity contribution in [3.8, 4) is 17.4 Å². The van der Waals surface area contributed by atoms with Crippen molar-refractivity contribution in [1.29, 1.82) is 0 Å². The van der Waals surface area contributed by atoms with Crippen LogP contribution in [0.4, 0.5) is 25.0 Å². The Balaban J connectivity index is 1.45. The summed E-state index contributed by atoms with van der Waals surface area (Å²) >= 11 is 0. The summed E-state index contributed by atoms with van der Waals surface area (Å²) in [5.41, 5.74) is 1.90. The normalized spacial score (nSPS) is 10.9. The van der Waals surface area contributed by atoms with E-state index in [0.717, 1.165) is 11.6 Å². The van der Waals surface area contributed by atoms with Crippen molar-refractivity contribution >= 4 is 34.2 Å². The zero-order valence-corrected chi connectivity index (χ0v) is 21.1. The van der Waals surface area contributed by atoms with Crippen LogP contribution in [-0.4, -0.2) is 35.6 Å². The van der Waals surface area contributed by atoms with Gasteiger partial charge in [-0.15, -0.1) is 0 Å². The van der Waals surface area contributed by atoms with Crippen molar-refractivity contribution in [2.24, 2.45) is 0 Å². The van der Waals surface area contributed by atoms with Crippen LogP contribution in [0, 0.1) is 11.6 Å². The van der Waals surface area contributed by atoms with E-state index in [4.69, 9.17) is 9.47 Å². The van der Waals surface area contributed by atoms with Gasteiger partial charge in [-0.1, -0.05) is 18.2 Å². The summed E-state index contributed by atoms with van der Waals surface area (Å²) in [6.45, 7) is 2.03. The molecule has 4 aromatic rings. The van der Waals surface area contributed by atoms with E-state index < -0.39 is 11.8 Å². The molecule has 11 heteroatoms. The molecule has 0 saturated heterocycles. The molecule has 0 aliphatic carbocycles. The summed E-state index contributed by atoms with van der Waals surface area (Å²) in [7, 11) is 1.46. The molecule has 0 bridgehead atoms. The Morgan fingerprint density at radius 1 is 0.974 bits per heavy atom. The predicted octanol–water partition coefficient (Wildman–Crippen LogP) is 5.59. The smallest absolute Gasteiger partial charge is 0.319 e. The number of nitrogens with one attached hydrogen (secondary N) is 3. The number of methoxy groups -OCH3 is 1. The van der Waals surface area contributed by atoms with Crippen LogP contribution in [0.1, 0.15) is 12.5 Å². The maximum Gasteiger partial charge on any atom is 0.319 e. The Hall–Kier alpha value is -5.06. The molecule has 0 saturated carbocycles. The maximum atomic E-state index is 14.9. The zero-order valence-electron chi connectivity index (χ0n) is 21.1. The number of allylic oxidation sites excluding steroid dienone is 1. The number of carbonyl (C=O) groups is 2. The number of anilines is 2. The molecule has 3 aromatic carbocycles. The number of nitrogens with zero attached hydrogens (tertiary/aromatic N) is 2. The highest BCUT2D eigenvalue weighted by molar-refractivity contribution is 6.02. The first kappa shape index (κ1) is 27.0. The van der Waals surface area contributed by atoms with Crippen LogP contribution >= 0.6 is 0 Å². The zero-order chi connectivity index (χ0) is 27.8. The van der Waals surface area contributed by atoms with Crippen LogP contribution in [-0.2, 0) is 11.2 Å². The van der Waals surface area contributed by atoms with Gasteiger partial charge in [0.05, 0.1) is 23.7 Å². The van der Waals surface area contributed by atoms with Crippen LogP contribution in [0.15, 0.2) is 73.1 Å². The molecule has 9 nitrogen and oxygen atoms in total. The molecule has 39 heavy (non-hydrogen) atoms. The van der Waals surface area contributed by atoms with Gasteiger partial charge in [-0.05, 0) is 55.3 Å². The minimum absolute atomic E-state index is 0.0577. The lowest BCUT2D eigenvalue weighted by Gasteiger charge is -2.13. The first-order valence-electron chi connectivity index (χ1n) is 11.9. The van der Waals surface area contributed by atoms with Crippen LogP contribution < -0.4 is 25.4 Å². The second-order valence-electron chi connectivity index (χ2n) is 8.24. The van der Waals surface area contributed by atoms with Gasteiger partial charge in [0.25, 0.3) is 0 Å². The molecule has 1 heterocycles.